The lowest BCUT2D eigenvalue weighted by Gasteiger charge is -2.35. The predicted octanol–water partition coefficient (Wildman–Crippen LogP) is 3.44. The van der Waals surface area contributed by atoms with Gasteiger partial charge < -0.3 is 4.90 Å². The first-order valence-electron chi connectivity index (χ1n) is 7.39. The largest absolute Gasteiger partial charge is 0.327 e. The molecular formula is C16H19ClN2O2. The van der Waals surface area contributed by atoms with E-state index < -0.39 is 5.54 Å². The van der Waals surface area contributed by atoms with Gasteiger partial charge in [0.2, 0.25) is 0 Å². The Labute approximate surface area is 129 Å². The third-order valence-corrected chi connectivity index (χ3v) is 4.99. The SMILES string of the molecule is CN1C(=O)N(Cc2ccc(Cl)cc2)C(=O)C12CCCCC2. The number of halogens is 1. The third kappa shape index (κ3) is 2.31. The van der Waals surface area contributed by atoms with Gasteiger partial charge in [0.1, 0.15) is 5.54 Å². The van der Waals surface area contributed by atoms with Gasteiger partial charge >= 0.3 is 6.03 Å². The van der Waals surface area contributed by atoms with Gasteiger partial charge in [-0.3, -0.25) is 9.69 Å². The van der Waals surface area contributed by atoms with Gasteiger partial charge in [-0.15, -0.1) is 0 Å². The number of rotatable bonds is 2. The van der Waals surface area contributed by atoms with Gasteiger partial charge in [-0.1, -0.05) is 43.0 Å². The van der Waals surface area contributed by atoms with E-state index in [4.69, 9.17) is 11.6 Å². The van der Waals surface area contributed by atoms with E-state index in [0.29, 0.717) is 11.6 Å². The molecule has 3 amide bonds. The van der Waals surface area contributed by atoms with Crippen LogP contribution < -0.4 is 0 Å². The highest BCUT2D eigenvalue weighted by atomic mass is 35.5. The summed E-state index contributed by atoms with van der Waals surface area (Å²) < 4.78 is 0. The summed E-state index contributed by atoms with van der Waals surface area (Å²) in [6, 6.07) is 7.09. The van der Waals surface area contributed by atoms with Crippen molar-refractivity contribution in [3.8, 4) is 0 Å². The van der Waals surface area contributed by atoms with Crippen molar-refractivity contribution in [2.45, 2.75) is 44.2 Å². The summed E-state index contributed by atoms with van der Waals surface area (Å²) in [4.78, 5) is 28.3. The number of likely N-dealkylation sites (N-methyl/N-ethyl adjacent to an activating group) is 1. The molecule has 21 heavy (non-hydrogen) atoms. The molecule has 1 saturated heterocycles. The highest BCUT2D eigenvalue weighted by molar-refractivity contribution is 6.30. The van der Waals surface area contributed by atoms with Crippen LogP contribution in [0.15, 0.2) is 24.3 Å². The van der Waals surface area contributed by atoms with Gasteiger partial charge in [-0.2, -0.15) is 0 Å². The number of imide groups is 1. The van der Waals surface area contributed by atoms with Crippen LogP contribution in [-0.4, -0.2) is 34.3 Å². The Kier molecular flexibility index (Phi) is 3.66. The van der Waals surface area contributed by atoms with Crippen LogP contribution in [0.1, 0.15) is 37.7 Å². The standard InChI is InChI=1S/C16H19ClN2O2/c1-18-15(21)19(11-12-5-7-13(17)8-6-12)14(20)16(18)9-3-2-4-10-16/h5-8H,2-4,9-11H2,1H3. The molecule has 4 nitrogen and oxygen atoms in total. The molecule has 3 rings (SSSR count). The van der Waals surface area contributed by atoms with Crippen molar-refractivity contribution in [2.24, 2.45) is 0 Å². The van der Waals surface area contributed by atoms with Crippen LogP contribution >= 0.6 is 11.6 Å². The number of nitrogens with zero attached hydrogens (tertiary/aromatic N) is 2. The Hall–Kier alpha value is -1.55. The number of amides is 3. The molecule has 0 unspecified atom stereocenters. The van der Waals surface area contributed by atoms with Crippen molar-refractivity contribution in [1.82, 2.24) is 9.80 Å². The van der Waals surface area contributed by atoms with E-state index in [0.717, 1.165) is 37.7 Å². The Bertz CT molecular complexity index is 564. The molecule has 1 aliphatic heterocycles. The molecule has 2 aliphatic rings. The molecule has 112 valence electrons. The van der Waals surface area contributed by atoms with Gasteiger partial charge in [-0.25, -0.2) is 4.79 Å². The number of benzene rings is 1. The van der Waals surface area contributed by atoms with Crippen LogP contribution in [0.3, 0.4) is 0 Å². The fourth-order valence-electron chi connectivity index (χ4n) is 3.44. The van der Waals surface area contributed by atoms with Crippen molar-refractivity contribution in [3.63, 3.8) is 0 Å². The summed E-state index contributed by atoms with van der Waals surface area (Å²) in [5, 5.41) is 0.652. The minimum absolute atomic E-state index is 0.0374. The van der Waals surface area contributed by atoms with Crippen LogP contribution in [0, 0.1) is 0 Å². The first-order valence-corrected chi connectivity index (χ1v) is 7.77. The second-order valence-electron chi connectivity index (χ2n) is 5.95. The van der Waals surface area contributed by atoms with Gasteiger partial charge in [0.05, 0.1) is 6.54 Å². The summed E-state index contributed by atoms with van der Waals surface area (Å²) in [6.45, 7) is 0.320. The summed E-state index contributed by atoms with van der Waals surface area (Å²) in [6.07, 6.45) is 4.74. The van der Waals surface area contributed by atoms with Crippen molar-refractivity contribution >= 4 is 23.5 Å². The van der Waals surface area contributed by atoms with Crippen molar-refractivity contribution < 1.29 is 9.59 Å². The molecule has 1 aliphatic carbocycles. The van der Waals surface area contributed by atoms with Crippen LogP contribution in [0.5, 0.6) is 0 Å². The van der Waals surface area contributed by atoms with Gasteiger partial charge in [0, 0.05) is 12.1 Å². The van der Waals surface area contributed by atoms with Crippen molar-refractivity contribution in [3.05, 3.63) is 34.9 Å². The van der Waals surface area contributed by atoms with E-state index in [1.165, 1.54) is 4.90 Å². The molecule has 1 saturated carbocycles. The Morgan fingerprint density at radius 1 is 1.10 bits per heavy atom. The monoisotopic (exact) mass is 306 g/mol. The summed E-state index contributed by atoms with van der Waals surface area (Å²) in [5.74, 6) is -0.0374. The Balaban J connectivity index is 1.84. The summed E-state index contributed by atoms with van der Waals surface area (Å²) in [5.41, 5.74) is 0.323. The molecule has 1 spiro atoms. The van der Waals surface area contributed by atoms with E-state index in [2.05, 4.69) is 0 Å². The molecule has 0 atom stereocenters. The molecule has 0 radical (unpaired) electrons. The zero-order valence-corrected chi connectivity index (χ0v) is 12.9. The highest BCUT2D eigenvalue weighted by Crippen LogP contribution is 2.39. The van der Waals surface area contributed by atoms with Crippen LogP contribution in [0.2, 0.25) is 5.02 Å². The smallest absolute Gasteiger partial charge is 0.313 e. The fraction of sp³-hybridized carbons (Fsp3) is 0.500. The lowest BCUT2D eigenvalue weighted by atomic mass is 9.81. The number of hydrogen-bond donors (Lipinski definition) is 0. The normalized spacial score (nSPS) is 21.4. The quantitative estimate of drug-likeness (QED) is 0.785. The number of hydrogen-bond acceptors (Lipinski definition) is 2. The highest BCUT2D eigenvalue weighted by Gasteiger charge is 2.55. The predicted molar refractivity (Wildman–Crippen MR) is 81.0 cm³/mol. The van der Waals surface area contributed by atoms with Gasteiger partial charge in [-0.05, 0) is 30.5 Å². The first-order chi connectivity index (χ1) is 10.0. The van der Waals surface area contributed by atoms with E-state index in [1.807, 2.05) is 12.1 Å². The van der Waals surface area contributed by atoms with E-state index in [-0.39, 0.29) is 11.9 Å². The minimum atomic E-state index is -0.595. The summed E-state index contributed by atoms with van der Waals surface area (Å²) in [7, 11) is 1.76. The Morgan fingerprint density at radius 2 is 1.71 bits per heavy atom. The second-order valence-corrected chi connectivity index (χ2v) is 6.39. The molecule has 1 aromatic rings. The zero-order valence-electron chi connectivity index (χ0n) is 12.1. The lowest BCUT2D eigenvalue weighted by Crippen LogP contribution is -2.49. The average molecular weight is 307 g/mol. The Morgan fingerprint density at radius 3 is 2.33 bits per heavy atom. The second kappa shape index (κ2) is 5.34. The maximum atomic E-state index is 12.8. The maximum absolute atomic E-state index is 12.8. The maximum Gasteiger partial charge on any atom is 0.327 e. The fourth-order valence-corrected chi connectivity index (χ4v) is 3.57. The van der Waals surface area contributed by atoms with Crippen LogP contribution in [-0.2, 0) is 11.3 Å². The number of urea groups is 1. The molecule has 0 N–H and O–H groups in total. The molecule has 2 fully saturated rings. The van der Waals surface area contributed by atoms with Crippen LogP contribution in [0.4, 0.5) is 4.79 Å². The van der Waals surface area contributed by atoms with Crippen LogP contribution in [0.25, 0.3) is 0 Å². The zero-order chi connectivity index (χ0) is 15.0. The molecule has 1 heterocycles. The first kappa shape index (κ1) is 14.4. The van der Waals surface area contributed by atoms with Crippen molar-refractivity contribution in [1.29, 1.82) is 0 Å². The molecule has 5 heteroatoms. The topological polar surface area (TPSA) is 40.6 Å². The third-order valence-electron chi connectivity index (χ3n) is 4.74. The molecular weight excluding hydrogens is 288 g/mol. The average Bonchev–Trinajstić information content (AvgIpc) is 2.67. The molecule has 0 aromatic heterocycles. The molecule has 1 aromatic carbocycles. The van der Waals surface area contributed by atoms with E-state index >= 15 is 0 Å². The minimum Gasteiger partial charge on any atom is -0.313 e. The van der Waals surface area contributed by atoms with E-state index in [9.17, 15) is 9.59 Å². The van der Waals surface area contributed by atoms with Crippen molar-refractivity contribution in [2.75, 3.05) is 7.05 Å². The number of carbonyl (C=O) groups excluding carboxylic acids is 2. The van der Waals surface area contributed by atoms with Gasteiger partial charge in [0.15, 0.2) is 0 Å². The lowest BCUT2D eigenvalue weighted by molar-refractivity contribution is -0.134. The van der Waals surface area contributed by atoms with Gasteiger partial charge in [0.25, 0.3) is 5.91 Å². The van der Waals surface area contributed by atoms with E-state index in [1.54, 1.807) is 24.1 Å². The summed E-state index contributed by atoms with van der Waals surface area (Å²) >= 11 is 5.87. The number of carbonyl (C=O) groups is 2. The molecule has 0 bridgehead atoms.